The third-order valence-electron chi connectivity index (χ3n) is 3.01. The molecule has 0 saturated carbocycles. The van der Waals surface area contributed by atoms with Gasteiger partial charge >= 0.3 is 0 Å². The lowest BCUT2D eigenvalue weighted by molar-refractivity contribution is -0.119. The molecular weight excluding hydrogens is 240 g/mol. The number of nitrogens with two attached hydrogens (primary N) is 1. The number of carbonyl (C=O) groups is 1. The highest BCUT2D eigenvalue weighted by molar-refractivity contribution is 5.92. The van der Waals surface area contributed by atoms with Crippen molar-refractivity contribution in [1.29, 1.82) is 0 Å². The summed E-state index contributed by atoms with van der Waals surface area (Å²) < 4.78 is 5.66. The van der Waals surface area contributed by atoms with Gasteiger partial charge in [0.2, 0.25) is 5.91 Å². The van der Waals surface area contributed by atoms with E-state index in [0.29, 0.717) is 0 Å². The molecule has 2 atom stereocenters. The van der Waals surface area contributed by atoms with Gasteiger partial charge in [0.1, 0.15) is 5.75 Å². The molecule has 0 aliphatic rings. The molecule has 2 unspecified atom stereocenters. The Hall–Kier alpha value is -1.55. The van der Waals surface area contributed by atoms with E-state index < -0.39 is 0 Å². The highest BCUT2D eigenvalue weighted by Gasteiger charge is 2.17. The van der Waals surface area contributed by atoms with Crippen LogP contribution in [0.3, 0.4) is 0 Å². The van der Waals surface area contributed by atoms with Crippen LogP contribution < -0.4 is 15.8 Å². The minimum absolute atomic E-state index is 0.0630. The first-order chi connectivity index (χ1) is 8.81. The van der Waals surface area contributed by atoms with Gasteiger partial charge in [0.15, 0.2) is 0 Å². The summed E-state index contributed by atoms with van der Waals surface area (Å²) in [6, 6.07) is 5.46. The van der Waals surface area contributed by atoms with E-state index in [2.05, 4.69) is 5.32 Å². The van der Waals surface area contributed by atoms with Crippen LogP contribution in [0.1, 0.15) is 33.3 Å². The molecule has 1 aromatic rings. The van der Waals surface area contributed by atoms with E-state index in [9.17, 15) is 4.79 Å². The molecule has 1 rings (SSSR count). The van der Waals surface area contributed by atoms with Gasteiger partial charge < -0.3 is 15.8 Å². The van der Waals surface area contributed by atoms with Crippen molar-refractivity contribution in [3.8, 4) is 5.75 Å². The predicted octanol–water partition coefficient (Wildman–Crippen LogP) is 2.70. The van der Waals surface area contributed by atoms with E-state index >= 15 is 0 Å². The van der Waals surface area contributed by atoms with E-state index in [0.717, 1.165) is 17.0 Å². The molecule has 1 amide bonds. The molecule has 4 nitrogen and oxygen atoms in total. The second kappa shape index (κ2) is 6.57. The van der Waals surface area contributed by atoms with Crippen LogP contribution >= 0.6 is 0 Å². The van der Waals surface area contributed by atoms with Crippen molar-refractivity contribution in [3.05, 3.63) is 23.8 Å². The molecule has 0 aliphatic carbocycles. The Morgan fingerprint density at radius 2 is 1.89 bits per heavy atom. The molecule has 0 aliphatic heterocycles. The van der Waals surface area contributed by atoms with Gasteiger partial charge in [-0.15, -0.1) is 0 Å². The summed E-state index contributed by atoms with van der Waals surface area (Å²) in [6.45, 7) is 9.58. The number of rotatable bonds is 5. The molecule has 1 aromatic carbocycles. The van der Waals surface area contributed by atoms with Crippen LogP contribution in [-0.2, 0) is 4.79 Å². The lowest BCUT2D eigenvalue weighted by Crippen LogP contribution is -2.34. The summed E-state index contributed by atoms with van der Waals surface area (Å²) in [5.41, 5.74) is 7.49. The molecule has 0 heterocycles. The Morgan fingerprint density at radius 1 is 1.26 bits per heavy atom. The first-order valence-electron chi connectivity index (χ1n) is 6.65. The van der Waals surface area contributed by atoms with Gasteiger partial charge in [0.25, 0.3) is 0 Å². The zero-order valence-electron chi connectivity index (χ0n) is 12.4. The SMILES string of the molecule is Cc1cc(NC(=O)C(C)C(C)N)ccc1OC(C)C. The predicted molar refractivity (Wildman–Crippen MR) is 78.4 cm³/mol. The number of ether oxygens (including phenoxy) is 1. The molecule has 0 radical (unpaired) electrons. The van der Waals surface area contributed by atoms with Gasteiger partial charge in [0, 0.05) is 11.7 Å². The number of benzene rings is 1. The monoisotopic (exact) mass is 264 g/mol. The molecular formula is C15H24N2O2. The zero-order chi connectivity index (χ0) is 14.6. The highest BCUT2D eigenvalue weighted by atomic mass is 16.5. The number of hydrogen-bond acceptors (Lipinski definition) is 3. The van der Waals surface area contributed by atoms with Crippen molar-refractivity contribution in [1.82, 2.24) is 0 Å². The number of anilines is 1. The van der Waals surface area contributed by atoms with E-state index in [-0.39, 0.29) is 24.0 Å². The third kappa shape index (κ3) is 4.56. The van der Waals surface area contributed by atoms with Crippen molar-refractivity contribution in [3.63, 3.8) is 0 Å². The zero-order valence-corrected chi connectivity index (χ0v) is 12.4. The second-order valence-electron chi connectivity index (χ2n) is 5.28. The summed E-state index contributed by atoms with van der Waals surface area (Å²) in [4.78, 5) is 11.9. The van der Waals surface area contributed by atoms with Crippen LogP contribution in [0.25, 0.3) is 0 Å². The maximum absolute atomic E-state index is 11.9. The Morgan fingerprint density at radius 3 is 2.37 bits per heavy atom. The topological polar surface area (TPSA) is 64.4 Å². The number of amides is 1. The van der Waals surface area contributed by atoms with E-state index in [1.54, 1.807) is 0 Å². The normalized spacial score (nSPS) is 14.1. The molecule has 0 spiro atoms. The van der Waals surface area contributed by atoms with Crippen LogP contribution in [0.2, 0.25) is 0 Å². The lowest BCUT2D eigenvalue weighted by Gasteiger charge is -2.17. The largest absolute Gasteiger partial charge is 0.491 e. The first kappa shape index (κ1) is 15.5. The van der Waals surface area contributed by atoms with Crippen LogP contribution in [0.5, 0.6) is 5.75 Å². The number of nitrogens with one attached hydrogen (secondary N) is 1. The van der Waals surface area contributed by atoms with Gasteiger partial charge in [0.05, 0.1) is 12.0 Å². The number of aryl methyl sites for hydroxylation is 1. The Labute approximate surface area is 115 Å². The number of carbonyl (C=O) groups excluding carboxylic acids is 1. The van der Waals surface area contributed by atoms with Gasteiger partial charge in [-0.25, -0.2) is 0 Å². The third-order valence-corrected chi connectivity index (χ3v) is 3.01. The molecule has 0 saturated heterocycles. The van der Waals surface area contributed by atoms with Crippen molar-refractivity contribution in [2.45, 2.75) is 46.8 Å². The molecule has 4 heteroatoms. The Balaban J connectivity index is 2.76. The van der Waals surface area contributed by atoms with Gasteiger partial charge in [-0.1, -0.05) is 6.92 Å². The summed E-state index contributed by atoms with van der Waals surface area (Å²) in [7, 11) is 0. The fourth-order valence-electron chi connectivity index (χ4n) is 1.61. The standard InChI is InChI=1S/C15H24N2O2/c1-9(2)19-14-7-6-13(8-10(14)3)17-15(18)11(4)12(5)16/h6-9,11-12H,16H2,1-5H3,(H,17,18). The quantitative estimate of drug-likeness (QED) is 0.859. The number of hydrogen-bond donors (Lipinski definition) is 2. The van der Waals surface area contributed by atoms with E-state index in [4.69, 9.17) is 10.5 Å². The minimum atomic E-state index is -0.216. The van der Waals surface area contributed by atoms with Crippen LogP contribution in [0.15, 0.2) is 18.2 Å². The Kier molecular flexibility index (Phi) is 5.36. The summed E-state index contributed by atoms with van der Waals surface area (Å²) >= 11 is 0. The Bertz CT molecular complexity index is 442. The molecule has 0 aromatic heterocycles. The fraction of sp³-hybridized carbons (Fsp3) is 0.533. The summed E-state index contributed by atoms with van der Waals surface area (Å²) in [5.74, 6) is 0.562. The van der Waals surface area contributed by atoms with E-state index in [1.165, 1.54) is 0 Å². The van der Waals surface area contributed by atoms with Gasteiger partial charge in [-0.2, -0.15) is 0 Å². The van der Waals surface area contributed by atoms with E-state index in [1.807, 2.05) is 52.8 Å². The van der Waals surface area contributed by atoms with Gasteiger partial charge in [-0.05, 0) is 51.5 Å². The maximum atomic E-state index is 11.9. The second-order valence-corrected chi connectivity index (χ2v) is 5.28. The fourth-order valence-corrected chi connectivity index (χ4v) is 1.61. The first-order valence-corrected chi connectivity index (χ1v) is 6.65. The maximum Gasteiger partial charge on any atom is 0.228 e. The summed E-state index contributed by atoms with van der Waals surface area (Å²) in [6.07, 6.45) is 0.136. The van der Waals surface area contributed by atoms with Gasteiger partial charge in [-0.3, -0.25) is 4.79 Å². The minimum Gasteiger partial charge on any atom is -0.491 e. The van der Waals surface area contributed by atoms with Crippen LogP contribution in [-0.4, -0.2) is 18.1 Å². The van der Waals surface area contributed by atoms with Crippen molar-refractivity contribution < 1.29 is 9.53 Å². The molecule has 3 N–H and O–H groups in total. The smallest absolute Gasteiger partial charge is 0.228 e. The average Bonchev–Trinajstić information content (AvgIpc) is 2.31. The van der Waals surface area contributed by atoms with Crippen LogP contribution in [0, 0.1) is 12.8 Å². The van der Waals surface area contributed by atoms with Crippen molar-refractivity contribution in [2.75, 3.05) is 5.32 Å². The lowest BCUT2D eigenvalue weighted by atomic mass is 10.0. The molecule has 19 heavy (non-hydrogen) atoms. The van der Waals surface area contributed by atoms with Crippen molar-refractivity contribution >= 4 is 11.6 Å². The molecule has 0 bridgehead atoms. The molecule has 106 valence electrons. The average molecular weight is 264 g/mol. The molecule has 0 fully saturated rings. The van der Waals surface area contributed by atoms with Crippen LogP contribution in [0.4, 0.5) is 5.69 Å². The summed E-state index contributed by atoms with van der Waals surface area (Å²) in [5, 5.41) is 2.87. The highest BCUT2D eigenvalue weighted by Crippen LogP contribution is 2.23. The van der Waals surface area contributed by atoms with Crippen molar-refractivity contribution in [2.24, 2.45) is 11.7 Å².